The van der Waals surface area contributed by atoms with Gasteiger partial charge in [0, 0.05) is 6.42 Å². The minimum absolute atomic E-state index is 0.0171. The molecule has 0 radical (unpaired) electrons. The lowest BCUT2D eigenvalue weighted by molar-refractivity contribution is -0.433. The van der Waals surface area contributed by atoms with Crippen molar-refractivity contribution in [1.82, 2.24) is 0 Å². The van der Waals surface area contributed by atoms with Crippen LogP contribution < -0.4 is 0 Å². The number of esters is 1. The Hall–Kier alpha value is -0.440. The van der Waals surface area contributed by atoms with Gasteiger partial charge in [-0.2, -0.15) is 8.78 Å². The standard InChI is InChI=1S/C15H22F2O5S/c16-15(17,23-22-21-19)2-1-3-20-13(18)14-7-10-4-11(8-14)6-12(5-10)9-14/h10-12,19H,1-9H2. The highest BCUT2D eigenvalue weighted by Crippen LogP contribution is 2.60. The summed E-state index contributed by atoms with van der Waals surface area (Å²) in [4.78, 5) is 12.5. The Morgan fingerprint density at radius 2 is 1.74 bits per heavy atom. The van der Waals surface area contributed by atoms with E-state index in [9.17, 15) is 13.6 Å². The predicted molar refractivity (Wildman–Crippen MR) is 78.1 cm³/mol. The van der Waals surface area contributed by atoms with E-state index < -0.39 is 11.7 Å². The monoisotopic (exact) mass is 352 g/mol. The van der Waals surface area contributed by atoms with Gasteiger partial charge in [0.15, 0.2) is 0 Å². The van der Waals surface area contributed by atoms with Crippen LogP contribution in [0.2, 0.25) is 0 Å². The Morgan fingerprint density at radius 1 is 1.17 bits per heavy atom. The lowest BCUT2D eigenvalue weighted by Crippen LogP contribution is -2.50. The van der Waals surface area contributed by atoms with Gasteiger partial charge >= 0.3 is 11.2 Å². The van der Waals surface area contributed by atoms with Crippen LogP contribution in [-0.2, 0) is 18.9 Å². The quantitative estimate of drug-likeness (QED) is 0.232. The van der Waals surface area contributed by atoms with Crippen LogP contribution in [0.15, 0.2) is 0 Å². The molecule has 0 aromatic carbocycles. The molecule has 8 heteroatoms. The molecule has 0 aromatic heterocycles. The van der Waals surface area contributed by atoms with Crippen LogP contribution in [0.1, 0.15) is 51.4 Å². The SMILES string of the molecule is O=C(OCCCC(F)(F)SOOO)C12CC3CC(CC(C3)C1)C2. The maximum Gasteiger partial charge on any atom is 0.321 e. The fourth-order valence-electron chi connectivity index (χ4n) is 5.06. The molecule has 0 heterocycles. The second kappa shape index (κ2) is 6.82. The third-order valence-corrected chi connectivity index (χ3v) is 6.08. The van der Waals surface area contributed by atoms with Crippen LogP contribution in [0, 0.1) is 23.2 Å². The van der Waals surface area contributed by atoms with Gasteiger partial charge in [-0.25, -0.2) is 5.26 Å². The van der Waals surface area contributed by atoms with Crippen LogP contribution in [0.4, 0.5) is 8.78 Å². The van der Waals surface area contributed by atoms with Crippen molar-refractivity contribution in [2.45, 2.75) is 56.6 Å². The van der Waals surface area contributed by atoms with E-state index in [0.717, 1.165) is 19.3 Å². The van der Waals surface area contributed by atoms with E-state index in [1.165, 1.54) is 19.3 Å². The summed E-state index contributed by atoms with van der Waals surface area (Å²) < 4.78 is 35.6. The first-order valence-corrected chi connectivity index (χ1v) is 8.87. The summed E-state index contributed by atoms with van der Waals surface area (Å²) in [6, 6.07) is 0. The maximum absolute atomic E-state index is 13.3. The highest BCUT2D eigenvalue weighted by Gasteiger charge is 2.55. The number of alkyl halides is 2. The smallest absolute Gasteiger partial charge is 0.321 e. The van der Waals surface area contributed by atoms with E-state index in [-0.39, 0.29) is 36.5 Å². The number of rotatable bonds is 8. The lowest BCUT2D eigenvalue weighted by Gasteiger charge is -2.55. The van der Waals surface area contributed by atoms with Crippen LogP contribution in [0.25, 0.3) is 0 Å². The van der Waals surface area contributed by atoms with Crippen molar-refractivity contribution in [3.05, 3.63) is 0 Å². The van der Waals surface area contributed by atoms with Gasteiger partial charge in [-0.05, 0) is 62.7 Å². The zero-order chi connectivity index (χ0) is 16.5. The van der Waals surface area contributed by atoms with Gasteiger partial charge in [-0.15, -0.1) is 4.33 Å². The van der Waals surface area contributed by atoms with E-state index in [4.69, 9.17) is 9.99 Å². The fourth-order valence-corrected chi connectivity index (χ4v) is 5.42. The first kappa shape index (κ1) is 17.4. The molecule has 0 amide bonds. The number of hydrogen-bond acceptors (Lipinski definition) is 6. The summed E-state index contributed by atoms with van der Waals surface area (Å²) in [7, 11) is 0. The van der Waals surface area contributed by atoms with Crippen molar-refractivity contribution < 1.29 is 32.9 Å². The van der Waals surface area contributed by atoms with Gasteiger partial charge < -0.3 is 4.74 Å². The normalized spacial score (nSPS) is 35.5. The van der Waals surface area contributed by atoms with Crippen molar-refractivity contribution in [1.29, 1.82) is 0 Å². The van der Waals surface area contributed by atoms with E-state index >= 15 is 0 Å². The number of ether oxygens (including phenoxy) is 1. The number of halogens is 2. The van der Waals surface area contributed by atoms with Crippen molar-refractivity contribution in [3.8, 4) is 0 Å². The molecule has 132 valence electrons. The minimum Gasteiger partial charge on any atom is -0.465 e. The highest BCUT2D eigenvalue weighted by molar-refractivity contribution is 7.95. The van der Waals surface area contributed by atoms with Gasteiger partial charge in [-0.3, -0.25) is 4.79 Å². The maximum atomic E-state index is 13.3. The van der Waals surface area contributed by atoms with Crippen molar-refractivity contribution in [3.63, 3.8) is 0 Å². The van der Waals surface area contributed by atoms with E-state index in [1.54, 1.807) is 0 Å². The van der Waals surface area contributed by atoms with Crippen LogP contribution >= 0.6 is 12.0 Å². The van der Waals surface area contributed by atoms with Crippen LogP contribution in [0.5, 0.6) is 0 Å². The highest BCUT2D eigenvalue weighted by atomic mass is 32.2. The molecule has 4 bridgehead atoms. The van der Waals surface area contributed by atoms with Crippen molar-refractivity contribution >= 4 is 18.0 Å². The third-order valence-electron chi connectivity index (χ3n) is 5.50. The lowest BCUT2D eigenvalue weighted by atomic mass is 9.49. The van der Waals surface area contributed by atoms with Gasteiger partial charge in [0.05, 0.1) is 12.0 Å². The average molecular weight is 352 g/mol. The molecule has 0 unspecified atom stereocenters. The Balaban J connectivity index is 1.43. The van der Waals surface area contributed by atoms with Crippen LogP contribution in [0.3, 0.4) is 0 Å². The zero-order valence-electron chi connectivity index (χ0n) is 12.8. The third kappa shape index (κ3) is 3.97. The fraction of sp³-hybridized carbons (Fsp3) is 0.933. The van der Waals surface area contributed by atoms with E-state index in [2.05, 4.69) is 9.37 Å². The first-order chi connectivity index (χ1) is 10.9. The molecule has 4 aliphatic carbocycles. The molecule has 5 nitrogen and oxygen atoms in total. The number of hydrogen-bond donors (Lipinski definition) is 1. The summed E-state index contributed by atoms with van der Waals surface area (Å²) >= 11 is -0.261. The molecule has 4 rings (SSSR count). The summed E-state index contributed by atoms with van der Waals surface area (Å²) in [5, 5.41) is 7.84. The number of carbonyl (C=O) groups is 1. The Morgan fingerprint density at radius 3 is 2.26 bits per heavy atom. The molecule has 0 saturated heterocycles. The Labute approximate surface area is 138 Å². The largest absolute Gasteiger partial charge is 0.465 e. The molecule has 23 heavy (non-hydrogen) atoms. The topological polar surface area (TPSA) is 65.0 Å². The number of carbonyl (C=O) groups excluding carboxylic acids is 1. The second-order valence-corrected chi connectivity index (χ2v) is 8.20. The van der Waals surface area contributed by atoms with Gasteiger partial charge in [0.2, 0.25) is 0 Å². The molecule has 4 saturated carbocycles. The Bertz CT molecular complexity index is 410. The molecule has 0 aliphatic heterocycles. The second-order valence-electron chi connectivity index (χ2n) is 7.30. The molecule has 0 aromatic rings. The molecular weight excluding hydrogens is 330 g/mol. The van der Waals surface area contributed by atoms with Gasteiger partial charge in [0.1, 0.15) is 12.0 Å². The average Bonchev–Trinajstić information content (AvgIpc) is 2.48. The first-order valence-electron chi connectivity index (χ1n) is 8.13. The molecule has 0 spiro atoms. The predicted octanol–water partition coefficient (Wildman–Crippen LogP) is 4.19. The van der Waals surface area contributed by atoms with E-state index in [1.807, 2.05) is 0 Å². The summed E-state index contributed by atoms with van der Waals surface area (Å²) in [6.07, 6.45) is 5.96. The van der Waals surface area contributed by atoms with Gasteiger partial charge in [0.25, 0.3) is 0 Å². The summed E-state index contributed by atoms with van der Waals surface area (Å²) in [5.74, 6) is 1.74. The summed E-state index contributed by atoms with van der Waals surface area (Å²) in [6.45, 7) is -0.0171. The van der Waals surface area contributed by atoms with Gasteiger partial charge in [-0.1, -0.05) is 5.04 Å². The molecule has 1 N–H and O–H groups in total. The Kier molecular flexibility index (Phi) is 5.15. The van der Waals surface area contributed by atoms with Crippen molar-refractivity contribution in [2.75, 3.05) is 6.61 Å². The minimum atomic E-state index is -3.20. The van der Waals surface area contributed by atoms with E-state index in [0.29, 0.717) is 17.8 Å². The van der Waals surface area contributed by atoms with Crippen LogP contribution in [-0.4, -0.2) is 23.1 Å². The van der Waals surface area contributed by atoms with Crippen molar-refractivity contribution in [2.24, 2.45) is 23.2 Å². The molecular formula is C15H22F2O5S. The molecule has 4 aliphatic rings. The molecule has 0 atom stereocenters. The molecule has 4 fully saturated rings. The zero-order valence-corrected chi connectivity index (χ0v) is 13.7. The summed E-state index contributed by atoms with van der Waals surface area (Å²) in [5.41, 5.74) is -0.347.